The van der Waals surface area contributed by atoms with Gasteiger partial charge in [-0.15, -0.1) is 0 Å². The van der Waals surface area contributed by atoms with Crippen LogP contribution in [0.3, 0.4) is 0 Å². The van der Waals surface area contributed by atoms with Gasteiger partial charge in [0.2, 0.25) is 15.9 Å². The standard InChI is InChI=1S/C12H20N4O3S/c1-4-15-12(17)8-16(3)11-6-5-9(7-10(11)13)20(18,19)14-2/h5-7,14H,4,8,13H2,1-3H3,(H,15,17). The maximum absolute atomic E-state index is 11.7. The Kier molecular flexibility index (Phi) is 5.34. The summed E-state index contributed by atoms with van der Waals surface area (Å²) in [5.74, 6) is -0.124. The fraction of sp³-hybridized carbons (Fsp3) is 0.417. The highest BCUT2D eigenvalue weighted by Gasteiger charge is 2.15. The van der Waals surface area contributed by atoms with E-state index in [9.17, 15) is 13.2 Å². The second-order valence-electron chi connectivity index (χ2n) is 4.24. The summed E-state index contributed by atoms with van der Waals surface area (Å²) in [5, 5.41) is 2.68. The lowest BCUT2D eigenvalue weighted by atomic mass is 10.2. The molecule has 0 atom stereocenters. The monoisotopic (exact) mass is 300 g/mol. The molecule has 1 rings (SSSR count). The van der Waals surface area contributed by atoms with Gasteiger partial charge in [-0.25, -0.2) is 13.1 Å². The first kappa shape index (κ1) is 16.3. The van der Waals surface area contributed by atoms with E-state index < -0.39 is 10.0 Å². The van der Waals surface area contributed by atoms with E-state index in [1.54, 1.807) is 18.0 Å². The van der Waals surface area contributed by atoms with Crippen molar-refractivity contribution in [3.8, 4) is 0 Å². The molecule has 1 amide bonds. The molecular weight excluding hydrogens is 280 g/mol. The molecule has 0 saturated heterocycles. The summed E-state index contributed by atoms with van der Waals surface area (Å²) >= 11 is 0. The molecule has 0 aromatic heterocycles. The molecule has 112 valence electrons. The Bertz CT molecular complexity index is 586. The average Bonchev–Trinajstić information content (AvgIpc) is 2.38. The minimum Gasteiger partial charge on any atom is -0.397 e. The van der Waals surface area contributed by atoms with Crippen LogP contribution in [0.5, 0.6) is 0 Å². The van der Waals surface area contributed by atoms with Gasteiger partial charge in [0.05, 0.1) is 22.8 Å². The first-order valence-electron chi connectivity index (χ1n) is 6.12. The molecule has 4 N–H and O–H groups in total. The number of nitrogens with zero attached hydrogens (tertiary/aromatic N) is 1. The largest absolute Gasteiger partial charge is 0.397 e. The molecular formula is C12H20N4O3S. The molecule has 1 aromatic rings. The van der Waals surface area contributed by atoms with Gasteiger partial charge in [-0.05, 0) is 32.2 Å². The van der Waals surface area contributed by atoms with E-state index in [0.717, 1.165) is 0 Å². The van der Waals surface area contributed by atoms with Gasteiger partial charge < -0.3 is 16.0 Å². The molecule has 8 heteroatoms. The summed E-state index contributed by atoms with van der Waals surface area (Å²) < 4.78 is 25.5. The predicted octanol–water partition coefficient (Wildman–Crippen LogP) is -0.251. The SMILES string of the molecule is CCNC(=O)CN(C)c1ccc(S(=O)(=O)NC)cc1N. The summed E-state index contributed by atoms with van der Waals surface area (Å²) in [6, 6.07) is 4.40. The van der Waals surface area contributed by atoms with E-state index in [1.165, 1.54) is 19.2 Å². The van der Waals surface area contributed by atoms with Gasteiger partial charge in [0.15, 0.2) is 0 Å². The lowest BCUT2D eigenvalue weighted by Gasteiger charge is -2.20. The minimum atomic E-state index is -3.52. The predicted molar refractivity (Wildman–Crippen MR) is 79.1 cm³/mol. The molecule has 0 spiro atoms. The van der Waals surface area contributed by atoms with Crippen molar-refractivity contribution in [1.29, 1.82) is 0 Å². The lowest BCUT2D eigenvalue weighted by molar-refractivity contribution is -0.119. The number of sulfonamides is 1. The molecule has 20 heavy (non-hydrogen) atoms. The van der Waals surface area contributed by atoms with Crippen molar-refractivity contribution in [2.75, 3.05) is 37.8 Å². The third-order valence-corrected chi connectivity index (χ3v) is 4.16. The van der Waals surface area contributed by atoms with Crippen LogP contribution >= 0.6 is 0 Å². The van der Waals surface area contributed by atoms with Crippen LogP contribution in [-0.2, 0) is 14.8 Å². The number of carbonyl (C=O) groups excluding carboxylic acids is 1. The number of likely N-dealkylation sites (N-methyl/N-ethyl adjacent to an activating group) is 2. The fourth-order valence-electron chi connectivity index (χ4n) is 1.72. The van der Waals surface area contributed by atoms with E-state index >= 15 is 0 Å². The maximum atomic E-state index is 11.7. The number of nitrogens with one attached hydrogen (secondary N) is 2. The number of carbonyl (C=O) groups is 1. The van der Waals surface area contributed by atoms with Crippen molar-refractivity contribution in [3.63, 3.8) is 0 Å². The minimum absolute atomic E-state index is 0.0904. The molecule has 0 heterocycles. The van der Waals surface area contributed by atoms with Crippen LogP contribution in [-0.4, -0.2) is 41.5 Å². The molecule has 0 aliphatic rings. The molecule has 1 aromatic carbocycles. The second kappa shape index (κ2) is 6.58. The number of benzene rings is 1. The highest BCUT2D eigenvalue weighted by Crippen LogP contribution is 2.25. The highest BCUT2D eigenvalue weighted by atomic mass is 32.2. The summed E-state index contributed by atoms with van der Waals surface area (Å²) in [6.07, 6.45) is 0. The molecule has 0 saturated carbocycles. The first-order valence-corrected chi connectivity index (χ1v) is 7.61. The zero-order chi connectivity index (χ0) is 15.3. The van der Waals surface area contributed by atoms with Gasteiger partial charge in [-0.3, -0.25) is 4.79 Å². The molecule has 0 bridgehead atoms. The van der Waals surface area contributed by atoms with E-state index in [0.29, 0.717) is 17.9 Å². The van der Waals surface area contributed by atoms with Crippen LogP contribution < -0.4 is 20.7 Å². The topological polar surface area (TPSA) is 105 Å². The van der Waals surface area contributed by atoms with Crippen LogP contribution in [0.2, 0.25) is 0 Å². The van der Waals surface area contributed by atoms with Gasteiger partial charge in [0.1, 0.15) is 0 Å². The number of hydrogen-bond donors (Lipinski definition) is 3. The number of hydrogen-bond acceptors (Lipinski definition) is 5. The number of anilines is 2. The van der Waals surface area contributed by atoms with Crippen molar-refractivity contribution in [3.05, 3.63) is 18.2 Å². The third kappa shape index (κ3) is 3.84. The Labute approximate surface area is 119 Å². The highest BCUT2D eigenvalue weighted by molar-refractivity contribution is 7.89. The van der Waals surface area contributed by atoms with Crippen LogP contribution in [0.1, 0.15) is 6.92 Å². The maximum Gasteiger partial charge on any atom is 0.240 e. The quantitative estimate of drug-likeness (QED) is 0.628. The molecule has 0 unspecified atom stereocenters. The van der Waals surface area contributed by atoms with E-state index in [2.05, 4.69) is 10.0 Å². The average molecular weight is 300 g/mol. The van der Waals surface area contributed by atoms with Gasteiger partial charge >= 0.3 is 0 Å². The second-order valence-corrected chi connectivity index (χ2v) is 6.12. The molecule has 7 nitrogen and oxygen atoms in total. The lowest BCUT2D eigenvalue weighted by Crippen LogP contribution is -2.35. The Hall–Kier alpha value is -1.80. The zero-order valence-electron chi connectivity index (χ0n) is 11.8. The zero-order valence-corrected chi connectivity index (χ0v) is 12.6. The number of rotatable bonds is 6. The van der Waals surface area contributed by atoms with Crippen molar-refractivity contribution in [2.24, 2.45) is 0 Å². The Morgan fingerprint density at radius 2 is 2.05 bits per heavy atom. The van der Waals surface area contributed by atoms with Gasteiger partial charge in [-0.2, -0.15) is 0 Å². The van der Waals surface area contributed by atoms with Crippen LogP contribution in [0.25, 0.3) is 0 Å². The molecule has 0 aliphatic heterocycles. The van der Waals surface area contributed by atoms with Crippen LogP contribution in [0.15, 0.2) is 23.1 Å². The Morgan fingerprint density at radius 1 is 1.40 bits per heavy atom. The summed E-state index contributed by atoms with van der Waals surface area (Å²) in [6.45, 7) is 2.54. The van der Waals surface area contributed by atoms with Crippen molar-refractivity contribution < 1.29 is 13.2 Å². The number of amides is 1. The number of nitrogens with two attached hydrogens (primary N) is 1. The van der Waals surface area contributed by atoms with E-state index in [1.807, 2.05) is 6.92 Å². The normalized spacial score (nSPS) is 11.2. The van der Waals surface area contributed by atoms with Crippen molar-refractivity contribution in [1.82, 2.24) is 10.0 Å². The third-order valence-electron chi connectivity index (χ3n) is 2.74. The summed E-state index contributed by atoms with van der Waals surface area (Å²) in [7, 11) is -0.473. The van der Waals surface area contributed by atoms with Gasteiger partial charge in [0.25, 0.3) is 0 Å². The summed E-state index contributed by atoms with van der Waals surface area (Å²) in [5.41, 5.74) is 6.76. The van der Waals surface area contributed by atoms with Crippen LogP contribution in [0.4, 0.5) is 11.4 Å². The van der Waals surface area contributed by atoms with Crippen LogP contribution in [0, 0.1) is 0 Å². The molecule has 0 fully saturated rings. The molecule has 0 aliphatic carbocycles. The van der Waals surface area contributed by atoms with Crippen molar-refractivity contribution in [2.45, 2.75) is 11.8 Å². The van der Waals surface area contributed by atoms with E-state index in [4.69, 9.17) is 5.73 Å². The number of nitrogen functional groups attached to an aromatic ring is 1. The van der Waals surface area contributed by atoms with Gasteiger partial charge in [0, 0.05) is 13.6 Å². The van der Waals surface area contributed by atoms with Gasteiger partial charge in [-0.1, -0.05) is 0 Å². The van der Waals surface area contributed by atoms with E-state index in [-0.39, 0.29) is 17.3 Å². The Morgan fingerprint density at radius 3 is 2.55 bits per heavy atom. The Balaban J connectivity index is 2.96. The molecule has 0 radical (unpaired) electrons. The first-order chi connectivity index (χ1) is 9.31. The summed E-state index contributed by atoms with van der Waals surface area (Å²) in [4.78, 5) is 13.3. The van der Waals surface area contributed by atoms with Crippen molar-refractivity contribution >= 4 is 27.3 Å². The fourth-order valence-corrected chi connectivity index (χ4v) is 2.48. The smallest absolute Gasteiger partial charge is 0.240 e.